The molecule has 0 aliphatic carbocycles. The molecule has 0 saturated heterocycles. The van der Waals surface area contributed by atoms with Crippen molar-refractivity contribution in [2.45, 2.75) is 19.6 Å². The number of aryl methyl sites for hydroxylation is 1. The Labute approximate surface area is 170 Å². The van der Waals surface area contributed by atoms with E-state index in [0.29, 0.717) is 36.0 Å². The van der Waals surface area contributed by atoms with Crippen molar-refractivity contribution in [3.63, 3.8) is 0 Å². The van der Waals surface area contributed by atoms with E-state index in [1.165, 1.54) is 14.2 Å². The molecule has 2 aromatic carbocycles. The third-order valence-corrected chi connectivity index (χ3v) is 4.36. The zero-order valence-corrected chi connectivity index (χ0v) is 16.6. The Hall–Kier alpha value is -3.48. The van der Waals surface area contributed by atoms with Crippen LogP contribution in [0.2, 0.25) is 0 Å². The molecule has 0 unspecified atom stereocenters. The molecule has 1 N–H and O–H groups in total. The number of rotatable bonds is 10. The maximum atomic E-state index is 12.5. The standard InChI is InChI=1S/C22H25N3O4/c1-27-19-14-18(22(26)23-10-6-12-25-13-7-11-24-25)15-20(28-2)21(19)29-16-17-8-4-3-5-9-17/h3-5,7-9,11,13-15H,6,10,12,16H2,1-2H3,(H,23,26). The molecule has 0 aliphatic rings. The number of benzene rings is 2. The Balaban J connectivity index is 1.65. The monoisotopic (exact) mass is 395 g/mol. The van der Waals surface area contributed by atoms with Gasteiger partial charge < -0.3 is 19.5 Å². The van der Waals surface area contributed by atoms with Gasteiger partial charge >= 0.3 is 0 Å². The van der Waals surface area contributed by atoms with Gasteiger partial charge in [-0.05, 0) is 30.2 Å². The summed E-state index contributed by atoms with van der Waals surface area (Å²) in [6, 6.07) is 15.0. The van der Waals surface area contributed by atoms with Crippen LogP contribution in [-0.4, -0.2) is 36.5 Å². The van der Waals surface area contributed by atoms with Gasteiger partial charge in [0.25, 0.3) is 5.91 Å². The predicted octanol–water partition coefficient (Wildman–Crippen LogP) is 3.30. The molecular formula is C22H25N3O4. The van der Waals surface area contributed by atoms with Crippen LogP contribution in [0.1, 0.15) is 22.3 Å². The lowest BCUT2D eigenvalue weighted by molar-refractivity contribution is 0.0951. The van der Waals surface area contributed by atoms with Crippen LogP contribution < -0.4 is 19.5 Å². The molecular weight excluding hydrogens is 370 g/mol. The third-order valence-electron chi connectivity index (χ3n) is 4.36. The molecule has 0 radical (unpaired) electrons. The van der Waals surface area contributed by atoms with Crippen LogP contribution in [0.15, 0.2) is 60.9 Å². The van der Waals surface area contributed by atoms with Gasteiger partial charge in [-0.2, -0.15) is 5.10 Å². The summed E-state index contributed by atoms with van der Waals surface area (Å²) in [5.41, 5.74) is 1.47. The number of methoxy groups -OCH3 is 2. The third kappa shape index (κ3) is 5.51. The van der Waals surface area contributed by atoms with Crippen LogP contribution in [0.5, 0.6) is 17.2 Å². The molecule has 0 fully saturated rings. The number of carbonyl (C=O) groups is 1. The zero-order chi connectivity index (χ0) is 20.5. The predicted molar refractivity (Wildman–Crippen MR) is 109 cm³/mol. The van der Waals surface area contributed by atoms with Crippen molar-refractivity contribution in [1.82, 2.24) is 15.1 Å². The molecule has 1 heterocycles. The van der Waals surface area contributed by atoms with Gasteiger partial charge in [0.2, 0.25) is 5.75 Å². The minimum Gasteiger partial charge on any atom is -0.493 e. The van der Waals surface area contributed by atoms with Crippen molar-refractivity contribution < 1.29 is 19.0 Å². The summed E-state index contributed by atoms with van der Waals surface area (Å²) in [6.45, 7) is 1.65. The largest absolute Gasteiger partial charge is 0.493 e. The first-order valence-electron chi connectivity index (χ1n) is 9.39. The molecule has 0 saturated carbocycles. The number of nitrogens with one attached hydrogen (secondary N) is 1. The topological polar surface area (TPSA) is 74.6 Å². The molecule has 3 aromatic rings. The first-order chi connectivity index (χ1) is 14.2. The Morgan fingerprint density at radius 2 is 1.79 bits per heavy atom. The molecule has 0 atom stereocenters. The van der Waals surface area contributed by atoms with Crippen molar-refractivity contribution in [1.29, 1.82) is 0 Å². The van der Waals surface area contributed by atoms with E-state index in [-0.39, 0.29) is 5.91 Å². The van der Waals surface area contributed by atoms with E-state index in [4.69, 9.17) is 14.2 Å². The highest BCUT2D eigenvalue weighted by Gasteiger charge is 2.17. The fourth-order valence-corrected chi connectivity index (χ4v) is 2.86. The van der Waals surface area contributed by atoms with Gasteiger partial charge in [0.1, 0.15) is 6.61 Å². The van der Waals surface area contributed by atoms with Crippen LogP contribution in [0.4, 0.5) is 0 Å². The van der Waals surface area contributed by atoms with Gasteiger partial charge in [0.15, 0.2) is 11.5 Å². The Bertz CT molecular complexity index is 886. The molecule has 1 amide bonds. The molecule has 0 spiro atoms. The smallest absolute Gasteiger partial charge is 0.251 e. The Kier molecular flexibility index (Phi) is 7.10. The molecule has 152 valence electrons. The number of nitrogens with zero attached hydrogens (tertiary/aromatic N) is 2. The van der Waals surface area contributed by atoms with Gasteiger partial charge in [-0.1, -0.05) is 30.3 Å². The quantitative estimate of drug-likeness (QED) is 0.533. The minimum absolute atomic E-state index is 0.198. The van der Waals surface area contributed by atoms with Gasteiger partial charge in [0, 0.05) is 31.0 Å². The summed E-state index contributed by atoms with van der Waals surface area (Å²) in [7, 11) is 3.08. The SMILES string of the molecule is COc1cc(C(=O)NCCCn2cccn2)cc(OC)c1OCc1ccccc1. The van der Waals surface area contributed by atoms with E-state index in [0.717, 1.165) is 18.5 Å². The summed E-state index contributed by atoms with van der Waals surface area (Å²) in [4.78, 5) is 12.5. The van der Waals surface area contributed by atoms with E-state index in [1.54, 1.807) is 18.3 Å². The van der Waals surface area contributed by atoms with Gasteiger partial charge in [0.05, 0.1) is 14.2 Å². The number of hydrogen-bond donors (Lipinski definition) is 1. The second kappa shape index (κ2) is 10.2. The lowest BCUT2D eigenvalue weighted by Gasteiger charge is -2.16. The summed E-state index contributed by atoms with van der Waals surface area (Å²) in [5, 5.41) is 7.05. The molecule has 7 heteroatoms. The van der Waals surface area contributed by atoms with Crippen molar-refractivity contribution in [2.75, 3.05) is 20.8 Å². The van der Waals surface area contributed by atoms with Gasteiger partial charge in [-0.25, -0.2) is 0 Å². The van der Waals surface area contributed by atoms with E-state index >= 15 is 0 Å². The molecule has 29 heavy (non-hydrogen) atoms. The van der Waals surface area contributed by atoms with Crippen molar-refractivity contribution in [3.05, 3.63) is 72.1 Å². The van der Waals surface area contributed by atoms with Gasteiger partial charge in [-0.3, -0.25) is 9.48 Å². The Morgan fingerprint density at radius 1 is 1.07 bits per heavy atom. The highest BCUT2D eigenvalue weighted by molar-refractivity contribution is 5.95. The second-order valence-corrected chi connectivity index (χ2v) is 6.36. The van der Waals surface area contributed by atoms with E-state index in [2.05, 4.69) is 10.4 Å². The van der Waals surface area contributed by atoms with E-state index in [1.807, 2.05) is 47.3 Å². The maximum absolute atomic E-state index is 12.5. The summed E-state index contributed by atoms with van der Waals surface area (Å²) >= 11 is 0. The number of carbonyl (C=O) groups excluding carboxylic acids is 1. The fraction of sp³-hybridized carbons (Fsp3) is 0.273. The van der Waals surface area contributed by atoms with Crippen LogP contribution in [0.25, 0.3) is 0 Å². The highest BCUT2D eigenvalue weighted by atomic mass is 16.5. The zero-order valence-electron chi connectivity index (χ0n) is 16.6. The number of aromatic nitrogens is 2. The maximum Gasteiger partial charge on any atom is 0.251 e. The molecule has 1 aromatic heterocycles. The second-order valence-electron chi connectivity index (χ2n) is 6.36. The van der Waals surface area contributed by atoms with Crippen LogP contribution in [-0.2, 0) is 13.2 Å². The normalized spacial score (nSPS) is 10.4. The summed E-state index contributed by atoms with van der Waals surface area (Å²) < 4.78 is 18.6. The number of amides is 1. The first kappa shape index (κ1) is 20.3. The Morgan fingerprint density at radius 3 is 2.41 bits per heavy atom. The summed E-state index contributed by atoms with van der Waals surface area (Å²) in [6.07, 6.45) is 4.41. The molecule has 0 aliphatic heterocycles. The van der Waals surface area contributed by atoms with Crippen molar-refractivity contribution in [3.8, 4) is 17.2 Å². The first-order valence-corrected chi connectivity index (χ1v) is 9.39. The fourth-order valence-electron chi connectivity index (χ4n) is 2.86. The van der Waals surface area contributed by atoms with Gasteiger partial charge in [-0.15, -0.1) is 0 Å². The average molecular weight is 395 g/mol. The summed E-state index contributed by atoms with van der Waals surface area (Å²) in [5.74, 6) is 1.16. The van der Waals surface area contributed by atoms with Crippen LogP contribution >= 0.6 is 0 Å². The van der Waals surface area contributed by atoms with Crippen molar-refractivity contribution >= 4 is 5.91 Å². The minimum atomic E-state index is -0.198. The highest BCUT2D eigenvalue weighted by Crippen LogP contribution is 2.39. The van der Waals surface area contributed by atoms with E-state index in [9.17, 15) is 4.79 Å². The number of ether oxygens (including phenoxy) is 3. The lowest BCUT2D eigenvalue weighted by atomic mass is 10.1. The lowest BCUT2D eigenvalue weighted by Crippen LogP contribution is -2.25. The van der Waals surface area contributed by atoms with Crippen LogP contribution in [0, 0.1) is 0 Å². The van der Waals surface area contributed by atoms with Crippen LogP contribution in [0.3, 0.4) is 0 Å². The van der Waals surface area contributed by atoms with Crippen molar-refractivity contribution in [2.24, 2.45) is 0 Å². The number of hydrogen-bond acceptors (Lipinski definition) is 5. The van der Waals surface area contributed by atoms with E-state index < -0.39 is 0 Å². The molecule has 0 bridgehead atoms. The molecule has 7 nitrogen and oxygen atoms in total. The average Bonchev–Trinajstić information content (AvgIpc) is 3.28. The molecule has 3 rings (SSSR count).